The quantitative estimate of drug-likeness (QED) is 0.514. The zero-order valence-corrected chi connectivity index (χ0v) is 6.94. The van der Waals surface area contributed by atoms with Gasteiger partial charge in [0.2, 0.25) is 0 Å². The first-order chi connectivity index (χ1) is 5.70. The highest BCUT2D eigenvalue weighted by atomic mass is 16.3. The van der Waals surface area contributed by atoms with E-state index in [9.17, 15) is 5.11 Å². The van der Waals surface area contributed by atoms with Gasteiger partial charge >= 0.3 is 0 Å². The van der Waals surface area contributed by atoms with Gasteiger partial charge in [-0.15, -0.1) is 0 Å². The minimum Gasteiger partial charge on any atom is -0.396 e. The maximum Gasteiger partial charge on any atom is 0.101 e. The van der Waals surface area contributed by atoms with Crippen LogP contribution in [0.15, 0.2) is 16.8 Å². The SMILES string of the molecule is CC1=NC=C(CO)C(CO)C1O. The average molecular weight is 171 g/mol. The van der Waals surface area contributed by atoms with E-state index in [1.807, 2.05) is 0 Å². The molecule has 2 unspecified atom stereocenters. The molecular formula is C8H13NO3. The molecule has 0 saturated carbocycles. The number of rotatable bonds is 2. The summed E-state index contributed by atoms with van der Waals surface area (Å²) in [6, 6.07) is 0. The van der Waals surface area contributed by atoms with E-state index in [0.717, 1.165) is 0 Å². The Morgan fingerprint density at radius 2 is 2.17 bits per heavy atom. The van der Waals surface area contributed by atoms with Crippen LogP contribution in [0.3, 0.4) is 0 Å². The lowest BCUT2D eigenvalue weighted by Crippen LogP contribution is -2.34. The zero-order valence-electron chi connectivity index (χ0n) is 6.94. The van der Waals surface area contributed by atoms with Crippen LogP contribution in [-0.2, 0) is 0 Å². The maximum absolute atomic E-state index is 9.50. The second-order valence-electron chi connectivity index (χ2n) is 2.87. The van der Waals surface area contributed by atoms with Crippen molar-refractivity contribution in [2.24, 2.45) is 10.9 Å². The predicted molar refractivity (Wildman–Crippen MR) is 44.9 cm³/mol. The normalized spacial score (nSPS) is 29.7. The molecule has 12 heavy (non-hydrogen) atoms. The van der Waals surface area contributed by atoms with Crippen molar-refractivity contribution in [1.29, 1.82) is 0 Å². The third-order valence-corrected chi connectivity index (χ3v) is 2.10. The third-order valence-electron chi connectivity index (χ3n) is 2.10. The van der Waals surface area contributed by atoms with E-state index in [2.05, 4.69) is 4.99 Å². The number of hydrogen-bond acceptors (Lipinski definition) is 4. The summed E-state index contributed by atoms with van der Waals surface area (Å²) in [5.41, 5.74) is 1.15. The Kier molecular flexibility index (Phi) is 2.97. The molecule has 4 heteroatoms. The molecule has 0 fully saturated rings. The molecular weight excluding hydrogens is 158 g/mol. The van der Waals surface area contributed by atoms with Gasteiger partial charge in [-0.1, -0.05) is 0 Å². The molecule has 2 atom stereocenters. The lowest BCUT2D eigenvalue weighted by Gasteiger charge is -2.25. The first-order valence-electron chi connectivity index (χ1n) is 3.83. The summed E-state index contributed by atoms with van der Waals surface area (Å²) in [6.07, 6.45) is 0.741. The van der Waals surface area contributed by atoms with E-state index in [4.69, 9.17) is 10.2 Å². The van der Waals surface area contributed by atoms with Crippen molar-refractivity contribution >= 4 is 5.71 Å². The Bertz CT molecular complexity index is 222. The Balaban J connectivity index is 2.85. The van der Waals surface area contributed by atoms with Crippen LogP contribution in [0.2, 0.25) is 0 Å². The van der Waals surface area contributed by atoms with E-state index < -0.39 is 12.0 Å². The Hall–Kier alpha value is -0.710. The van der Waals surface area contributed by atoms with Gasteiger partial charge in [-0.05, 0) is 12.5 Å². The predicted octanol–water partition coefficient (Wildman–Crippen LogP) is -0.694. The highest BCUT2D eigenvalue weighted by Gasteiger charge is 2.26. The van der Waals surface area contributed by atoms with E-state index in [1.165, 1.54) is 6.20 Å². The first-order valence-corrected chi connectivity index (χ1v) is 3.83. The molecule has 0 aromatic carbocycles. The number of aliphatic imine (C=N–C) groups is 1. The average Bonchev–Trinajstić information content (AvgIpc) is 2.09. The summed E-state index contributed by atoms with van der Waals surface area (Å²) in [5, 5.41) is 27.2. The van der Waals surface area contributed by atoms with Crippen molar-refractivity contribution in [3.05, 3.63) is 11.8 Å². The van der Waals surface area contributed by atoms with Crippen LogP contribution >= 0.6 is 0 Å². The van der Waals surface area contributed by atoms with Crippen molar-refractivity contribution in [1.82, 2.24) is 0 Å². The highest BCUT2D eigenvalue weighted by Crippen LogP contribution is 2.20. The van der Waals surface area contributed by atoms with Gasteiger partial charge in [-0.25, -0.2) is 0 Å². The minimum atomic E-state index is -0.762. The summed E-state index contributed by atoms with van der Waals surface area (Å²) >= 11 is 0. The largest absolute Gasteiger partial charge is 0.396 e. The number of hydrogen-bond donors (Lipinski definition) is 3. The number of aliphatic hydroxyl groups is 3. The number of aliphatic hydroxyl groups excluding tert-OH is 3. The number of nitrogens with zero attached hydrogens (tertiary/aromatic N) is 1. The molecule has 0 saturated heterocycles. The monoisotopic (exact) mass is 171 g/mol. The third kappa shape index (κ3) is 1.55. The second kappa shape index (κ2) is 3.80. The molecule has 0 amide bonds. The molecule has 3 N–H and O–H groups in total. The van der Waals surface area contributed by atoms with Crippen molar-refractivity contribution in [2.75, 3.05) is 13.2 Å². The van der Waals surface area contributed by atoms with Crippen LogP contribution in [0.4, 0.5) is 0 Å². The molecule has 0 aromatic rings. The lowest BCUT2D eigenvalue weighted by molar-refractivity contribution is 0.122. The summed E-state index contributed by atoms with van der Waals surface area (Å²) < 4.78 is 0. The molecule has 1 rings (SSSR count). The molecule has 68 valence electrons. The van der Waals surface area contributed by atoms with Gasteiger partial charge in [-0.3, -0.25) is 4.99 Å². The van der Waals surface area contributed by atoms with Crippen molar-refractivity contribution < 1.29 is 15.3 Å². The molecule has 0 aliphatic carbocycles. The molecule has 1 aliphatic rings. The van der Waals surface area contributed by atoms with E-state index in [1.54, 1.807) is 6.92 Å². The second-order valence-corrected chi connectivity index (χ2v) is 2.87. The smallest absolute Gasteiger partial charge is 0.101 e. The van der Waals surface area contributed by atoms with Crippen LogP contribution in [-0.4, -0.2) is 40.3 Å². The summed E-state index contributed by atoms with van der Waals surface area (Å²) in [4.78, 5) is 3.89. The molecule has 0 spiro atoms. The van der Waals surface area contributed by atoms with Crippen LogP contribution < -0.4 is 0 Å². The van der Waals surface area contributed by atoms with E-state index >= 15 is 0 Å². The summed E-state index contributed by atoms with van der Waals surface area (Å²) in [6.45, 7) is 1.36. The van der Waals surface area contributed by atoms with Gasteiger partial charge in [0.25, 0.3) is 0 Å². The van der Waals surface area contributed by atoms with Crippen LogP contribution in [0.5, 0.6) is 0 Å². The Labute approximate surface area is 70.9 Å². The van der Waals surface area contributed by atoms with Crippen molar-refractivity contribution in [2.45, 2.75) is 13.0 Å². The minimum absolute atomic E-state index is 0.166. The summed E-state index contributed by atoms with van der Waals surface area (Å²) in [7, 11) is 0. The standard InChI is InChI=1S/C8H13NO3/c1-5-8(12)7(4-11)6(3-10)2-9-5/h2,7-8,10-12H,3-4H2,1H3. The van der Waals surface area contributed by atoms with Crippen LogP contribution in [0, 0.1) is 5.92 Å². The Morgan fingerprint density at radius 1 is 1.50 bits per heavy atom. The van der Waals surface area contributed by atoms with Crippen molar-refractivity contribution in [3.8, 4) is 0 Å². The fourth-order valence-corrected chi connectivity index (χ4v) is 1.23. The van der Waals surface area contributed by atoms with E-state index in [0.29, 0.717) is 11.3 Å². The van der Waals surface area contributed by atoms with Crippen LogP contribution in [0.1, 0.15) is 6.92 Å². The zero-order chi connectivity index (χ0) is 9.14. The fraction of sp³-hybridized carbons (Fsp3) is 0.625. The maximum atomic E-state index is 9.50. The molecule has 0 aromatic heterocycles. The highest BCUT2D eigenvalue weighted by molar-refractivity contribution is 5.88. The van der Waals surface area contributed by atoms with Gasteiger partial charge < -0.3 is 15.3 Å². The van der Waals surface area contributed by atoms with Gasteiger partial charge in [-0.2, -0.15) is 0 Å². The van der Waals surface area contributed by atoms with Gasteiger partial charge in [0.15, 0.2) is 0 Å². The molecule has 1 heterocycles. The van der Waals surface area contributed by atoms with E-state index in [-0.39, 0.29) is 13.2 Å². The van der Waals surface area contributed by atoms with Gasteiger partial charge in [0.05, 0.1) is 13.2 Å². The summed E-state index contributed by atoms with van der Waals surface area (Å²) in [5.74, 6) is -0.396. The van der Waals surface area contributed by atoms with Crippen molar-refractivity contribution in [3.63, 3.8) is 0 Å². The van der Waals surface area contributed by atoms with Gasteiger partial charge in [0, 0.05) is 17.8 Å². The molecule has 1 aliphatic heterocycles. The van der Waals surface area contributed by atoms with Crippen LogP contribution in [0.25, 0.3) is 0 Å². The van der Waals surface area contributed by atoms with Gasteiger partial charge in [0.1, 0.15) is 6.10 Å². The topological polar surface area (TPSA) is 73.1 Å². The molecule has 0 radical (unpaired) electrons. The lowest BCUT2D eigenvalue weighted by atomic mass is 9.90. The first kappa shape index (κ1) is 9.38. The molecule has 0 bridgehead atoms. The fourth-order valence-electron chi connectivity index (χ4n) is 1.23. The Morgan fingerprint density at radius 3 is 2.67 bits per heavy atom. The molecule has 4 nitrogen and oxygen atoms in total.